The molecule has 0 aliphatic carbocycles. The van der Waals surface area contributed by atoms with Crippen molar-refractivity contribution in [3.8, 4) is 11.3 Å². The Hall–Kier alpha value is -1.00. The van der Waals surface area contributed by atoms with Crippen LogP contribution in [0.1, 0.15) is 0 Å². The number of aromatic nitrogens is 1. The monoisotopic (exact) mass is 237 g/mol. The highest BCUT2D eigenvalue weighted by atomic mass is 32.2. The summed E-state index contributed by atoms with van der Waals surface area (Å²) in [6.45, 7) is 0. The molecule has 0 N–H and O–H groups in total. The smallest absolute Gasteiger partial charge is 0.301 e. The Morgan fingerprint density at radius 1 is 1.27 bits per heavy atom. The highest BCUT2D eigenvalue weighted by Crippen LogP contribution is 2.31. The fourth-order valence-electron chi connectivity index (χ4n) is 1.47. The van der Waals surface area contributed by atoms with E-state index >= 15 is 0 Å². The Balaban J connectivity index is 2.67. The van der Waals surface area contributed by atoms with Crippen molar-refractivity contribution in [2.24, 2.45) is 7.05 Å². The standard InChI is InChI=1S/C11H11NOS2/c1-12-9(8-6-4-3-5-7-8)10(14-2)15-11(12)13/h3-7H,1-2H3. The molecule has 0 bridgehead atoms. The number of benzene rings is 1. The fraction of sp³-hybridized carbons (Fsp3) is 0.182. The number of thiazole rings is 1. The molecule has 0 amide bonds. The van der Waals surface area contributed by atoms with Crippen LogP contribution in [0, 0.1) is 0 Å². The number of thioether (sulfide) groups is 1. The van der Waals surface area contributed by atoms with Gasteiger partial charge in [-0.1, -0.05) is 41.7 Å². The second kappa shape index (κ2) is 4.24. The van der Waals surface area contributed by atoms with Crippen LogP contribution in [-0.2, 0) is 7.05 Å². The first-order valence-electron chi connectivity index (χ1n) is 4.53. The third-order valence-corrected chi connectivity index (χ3v) is 4.36. The van der Waals surface area contributed by atoms with Crippen LogP contribution in [0.3, 0.4) is 0 Å². The summed E-state index contributed by atoms with van der Waals surface area (Å²) in [6.07, 6.45) is 2.00. The molecule has 1 aromatic heterocycles. The molecule has 15 heavy (non-hydrogen) atoms. The van der Waals surface area contributed by atoms with Crippen LogP contribution in [0.4, 0.5) is 0 Å². The van der Waals surface area contributed by atoms with Crippen molar-refractivity contribution in [1.82, 2.24) is 4.57 Å². The van der Waals surface area contributed by atoms with Crippen LogP contribution in [0.25, 0.3) is 11.3 Å². The minimum absolute atomic E-state index is 0.0956. The van der Waals surface area contributed by atoms with Crippen LogP contribution < -0.4 is 4.87 Å². The van der Waals surface area contributed by atoms with Gasteiger partial charge in [0.25, 0.3) is 0 Å². The summed E-state index contributed by atoms with van der Waals surface area (Å²) in [6, 6.07) is 10.0. The lowest BCUT2D eigenvalue weighted by atomic mass is 10.2. The Kier molecular flexibility index (Phi) is 2.98. The van der Waals surface area contributed by atoms with Gasteiger partial charge in [-0.05, 0) is 6.26 Å². The van der Waals surface area contributed by atoms with Crippen LogP contribution >= 0.6 is 23.1 Å². The molecule has 0 aliphatic rings. The van der Waals surface area contributed by atoms with E-state index in [-0.39, 0.29) is 4.87 Å². The second-order valence-electron chi connectivity index (χ2n) is 3.13. The highest BCUT2D eigenvalue weighted by molar-refractivity contribution is 8.00. The van der Waals surface area contributed by atoms with Gasteiger partial charge in [0.05, 0.1) is 9.90 Å². The average Bonchev–Trinajstić information content (AvgIpc) is 2.56. The normalized spacial score (nSPS) is 10.5. The van der Waals surface area contributed by atoms with Crippen molar-refractivity contribution in [3.05, 3.63) is 40.0 Å². The van der Waals surface area contributed by atoms with Gasteiger partial charge in [-0.2, -0.15) is 0 Å². The van der Waals surface area contributed by atoms with E-state index < -0.39 is 0 Å². The van der Waals surface area contributed by atoms with Gasteiger partial charge in [0.15, 0.2) is 0 Å². The third-order valence-electron chi connectivity index (χ3n) is 2.22. The zero-order chi connectivity index (χ0) is 10.8. The van der Waals surface area contributed by atoms with Gasteiger partial charge in [-0.3, -0.25) is 4.79 Å². The van der Waals surface area contributed by atoms with Gasteiger partial charge >= 0.3 is 4.87 Å². The van der Waals surface area contributed by atoms with Gasteiger partial charge in [0.1, 0.15) is 0 Å². The molecular weight excluding hydrogens is 226 g/mol. The Labute approximate surface area is 96.6 Å². The minimum Gasteiger partial charge on any atom is -0.301 e. The topological polar surface area (TPSA) is 22.0 Å². The quantitative estimate of drug-likeness (QED) is 0.749. The first kappa shape index (κ1) is 10.5. The van der Waals surface area contributed by atoms with Crippen molar-refractivity contribution < 1.29 is 0 Å². The summed E-state index contributed by atoms with van der Waals surface area (Å²) in [5.41, 5.74) is 2.13. The molecule has 4 heteroatoms. The van der Waals surface area contributed by atoms with Crippen molar-refractivity contribution in [2.75, 3.05) is 6.26 Å². The molecule has 1 aromatic carbocycles. The molecule has 0 fully saturated rings. The molecular formula is C11H11NOS2. The lowest BCUT2D eigenvalue weighted by Gasteiger charge is -2.03. The average molecular weight is 237 g/mol. The van der Waals surface area contributed by atoms with E-state index in [2.05, 4.69) is 0 Å². The lowest BCUT2D eigenvalue weighted by Crippen LogP contribution is -2.08. The highest BCUT2D eigenvalue weighted by Gasteiger charge is 2.12. The van der Waals surface area contributed by atoms with E-state index in [1.165, 1.54) is 11.3 Å². The Morgan fingerprint density at radius 2 is 1.93 bits per heavy atom. The zero-order valence-electron chi connectivity index (χ0n) is 8.56. The molecule has 0 saturated heterocycles. The van der Waals surface area contributed by atoms with Gasteiger partial charge in [0.2, 0.25) is 0 Å². The summed E-state index contributed by atoms with van der Waals surface area (Å²) in [5.74, 6) is 0. The van der Waals surface area contributed by atoms with Crippen molar-refractivity contribution in [1.29, 1.82) is 0 Å². The maximum absolute atomic E-state index is 11.6. The maximum atomic E-state index is 11.6. The number of hydrogen-bond acceptors (Lipinski definition) is 3. The van der Waals surface area contributed by atoms with Crippen LogP contribution in [0.15, 0.2) is 39.3 Å². The SMILES string of the molecule is CSc1sc(=O)n(C)c1-c1ccccc1. The largest absolute Gasteiger partial charge is 0.308 e. The molecule has 0 spiro atoms. The van der Waals surface area contributed by atoms with Crippen molar-refractivity contribution >= 4 is 23.1 Å². The number of hydrogen-bond donors (Lipinski definition) is 0. The van der Waals surface area contributed by atoms with E-state index in [0.29, 0.717) is 0 Å². The van der Waals surface area contributed by atoms with Gasteiger partial charge in [0, 0.05) is 12.6 Å². The molecule has 2 aromatic rings. The van der Waals surface area contributed by atoms with E-state index in [4.69, 9.17) is 0 Å². The molecule has 0 aliphatic heterocycles. The summed E-state index contributed by atoms with van der Waals surface area (Å²) < 4.78 is 2.79. The van der Waals surface area contributed by atoms with E-state index in [0.717, 1.165) is 15.5 Å². The van der Waals surface area contributed by atoms with Crippen LogP contribution in [0.5, 0.6) is 0 Å². The van der Waals surface area contributed by atoms with Crippen LogP contribution in [0.2, 0.25) is 0 Å². The molecule has 2 rings (SSSR count). The van der Waals surface area contributed by atoms with E-state index in [9.17, 15) is 4.79 Å². The van der Waals surface area contributed by atoms with Crippen LogP contribution in [-0.4, -0.2) is 10.8 Å². The van der Waals surface area contributed by atoms with Crippen molar-refractivity contribution in [3.63, 3.8) is 0 Å². The molecule has 2 nitrogen and oxygen atoms in total. The van der Waals surface area contributed by atoms with Gasteiger partial charge in [-0.15, -0.1) is 11.8 Å². The summed E-state index contributed by atoms with van der Waals surface area (Å²) in [4.78, 5) is 11.7. The van der Waals surface area contributed by atoms with Gasteiger partial charge < -0.3 is 4.57 Å². The predicted octanol–water partition coefficient (Wildman–Crippen LogP) is 2.84. The zero-order valence-corrected chi connectivity index (χ0v) is 10.2. The molecule has 0 atom stereocenters. The van der Waals surface area contributed by atoms with Crippen molar-refractivity contribution in [2.45, 2.75) is 4.21 Å². The summed E-state index contributed by atoms with van der Waals surface area (Å²) in [5, 5.41) is 0. The maximum Gasteiger partial charge on any atom is 0.308 e. The predicted molar refractivity (Wildman–Crippen MR) is 66.8 cm³/mol. The molecule has 1 heterocycles. The number of rotatable bonds is 2. The molecule has 0 radical (unpaired) electrons. The first-order chi connectivity index (χ1) is 7.24. The Morgan fingerprint density at radius 3 is 2.53 bits per heavy atom. The molecule has 78 valence electrons. The Bertz CT molecular complexity index is 513. The minimum atomic E-state index is 0.0956. The second-order valence-corrected chi connectivity index (χ2v) is 5.17. The summed E-state index contributed by atoms with van der Waals surface area (Å²) in [7, 11) is 1.82. The third kappa shape index (κ3) is 1.87. The molecule has 0 unspecified atom stereocenters. The fourth-order valence-corrected chi connectivity index (χ4v) is 3.20. The molecule has 0 saturated carbocycles. The van der Waals surface area contributed by atoms with Gasteiger partial charge in [-0.25, -0.2) is 0 Å². The van der Waals surface area contributed by atoms with E-state index in [1.54, 1.807) is 16.3 Å². The summed E-state index contributed by atoms with van der Waals surface area (Å²) >= 11 is 2.93. The number of nitrogens with zero attached hydrogens (tertiary/aromatic N) is 1. The van der Waals surface area contributed by atoms with E-state index in [1.807, 2.05) is 43.6 Å². The lowest BCUT2D eigenvalue weighted by molar-refractivity contribution is 0.898. The first-order valence-corrected chi connectivity index (χ1v) is 6.57.